The van der Waals surface area contributed by atoms with Crippen LogP contribution in [0.1, 0.15) is 6.42 Å². The van der Waals surface area contributed by atoms with Gasteiger partial charge in [-0.3, -0.25) is 0 Å². The van der Waals surface area contributed by atoms with Gasteiger partial charge in [-0.1, -0.05) is 0 Å². The fourth-order valence-corrected chi connectivity index (χ4v) is 2.21. The Morgan fingerprint density at radius 3 is 2.44 bits per heavy atom. The van der Waals surface area contributed by atoms with Crippen molar-refractivity contribution in [2.45, 2.75) is 23.2 Å². The van der Waals surface area contributed by atoms with Gasteiger partial charge in [-0.05, 0) is 0 Å². The molecule has 2 nitrogen and oxygen atoms in total. The third-order valence-corrected chi connectivity index (χ3v) is 4.18. The summed E-state index contributed by atoms with van der Waals surface area (Å²) in [6.45, 7) is 0. The molecular formula is C6H14GeO2. The molecule has 0 unspecified atom stereocenters. The van der Waals surface area contributed by atoms with E-state index in [4.69, 9.17) is 0 Å². The number of rotatable bonds is 3. The minimum absolute atomic E-state index is 0.0608. The van der Waals surface area contributed by atoms with Crippen LogP contribution >= 0.6 is 0 Å². The van der Waals surface area contributed by atoms with E-state index < -0.39 is 14.3 Å². The van der Waals surface area contributed by atoms with Crippen molar-refractivity contribution in [1.82, 2.24) is 0 Å². The first kappa shape index (κ1) is 9.01. The average Bonchev–Trinajstić information content (AvgIpc) is 1.83. The Balaban J connectivity index is 3.17. The van der Waals surface area contributed by atoms with Gasteiger partial charge in [0, 0.05) is 0 Å². The molecule has 0 rings (SSSR count). The van der Waals surface area contributed by atoms with Crippen molar-refractivity contribution in [2.24, 2.45) is 0 Å². The van der Waals surface area contributed by atoms with Crippen LogP contribution in [0.3, 0.4) is 0 Å². The Morgan fingerprint density at radius 1 is 1.56 bits per heavy atom. The van der Waals surface area contributed by atoms with Gasteiger partial charge in [-0.2, -0.15) is 0 Å². The predicted octanol–water partition coefficient (Wildman–Crippen LogP) is 1.04. The van der Waals surface area contributed by atoms with Crippen molar-refractivity contribution in [2.75, 3.05) is 7.11 Å². The fourth-order valence-electron chi connectivity index (χ4n) is 0.509. The first-order valence-electron chi connectivity index (χ1n) is 3.23. The summed E-state index contributed by atoms with van der Waals surface area (Å²) >= 11 is -0.936. The Kier molecular flexibility index (Phi) is 4.86. The van der Waals surface area contributed by atoms with Crippen molar-refractivity contribution >= 4 is 20.3 Å². The van der Waals surface area contributed by atoms with E-state index in [2.05, 4.69) is 16.2 Å². The quantitative estimate of drug-likeness (QED) is 0.491. The standard InChI is InChI=1S/C6H14GeO2/c1-7(2)5-4-6(8)9-3/h7H,4-5H2,1-3H3. The minimum atomic E-state index is -0.936. The van der Waals surface area contributed by atoms with Gasteiger partial charge >= 0.3 is 60.1 Å². The zero-order valence-corrected chi connectivity index (χ0v) is 8.73. The van der Waals surface area contributed by atoms with Crippen LogP contribution in [0, 0.1) is 0 Å². The number of carbonyl (C=O) groups excluding carboxylic acids is 1. The first-order chi connectivity index (χ1) is 4.16. The summed E-state index contributed by atoms with van der Waals surface area (Å²) in [7, 11) is 1.44. The zero-order valence-electron chi connectivity index (χ0n) is 6.31. The maximum absolute atomic E-state index is 10.5. The number of esters is 1. The van der Waals surface area contributed by atoms with E-state index in [1.165, 1.54) is 7.11 Å². The maximum atomic E-state index is 10.5. The molecule has 0 radical (unpaired) electrons. The second kappa shape index (κ2) is 4.85. The third-order valence-electron chi connectivity index (χ3n) is 1.15. The van der Waals surface area contributed by atoms with Crippen molar-refractivity contribution < 1.29 is 9.53 Å². The molecule has 0 saturated heterocycles. The Labute approximate surface area is 60.7 Å². The number of carbonyl (C=O) groups is 1. The molecule has 0 N–H and O–H groups in total. The Morgan fingerprint density at radius 2 is 2.11 bits per heavy atom. The summed E-state index contributed by atoms with van der Waals surface area (Å²) in [5.41, 5.74) is 0. The van der Waals surface area contributed by atoms with Gasteiger partial charge in [0.2, 0.25) is 0 Å². The van der Waals surface area contributed by atoms with Crippen molar-refractivity contribution in [1.29, 1.82) is 0 Å². The first-order valence-corrected chi connectivity index (χ1v) is 9.79. The van der Waals surface area contributed by atoms with Crippen molar-refractivity contribution in [3.05, 3.63) is 0 Å². The summed E-state index contributed by atoms with van der Waals surface area (Å²) < 4.78 is 4.49. The van der Waals surface area contributed by atoms with Crippen molar-refractivity contribution in [3.63, 3.8) is 0 Å². The van der Waals surface area contributed by atoms with E-state index in [1.807, 2.05) is 0 Å². The van der Waals surface area contributed by atoms with Gasteiger partial charge in [0.1, 0.15) is 0 Å². The van der Waals surface area contributed by atoms with Gasteiger partial charge < -0.3 is 0 Å². The van der Waals surface area contributed by atoms with Crippen LogP contribution < -0.4 is 0 Å². The summed E-state index contributed by atoms with van der Waals surface area (Å²) in [6, 6.07) is 0. The summed E-state index contributed by atoms with van der Waals surface area (Å²) in [5, 5.41) is 1.11. The second-order valence-electron chi connectivity index (χ2n) is 2.51. The molecule has 0 aromatic carbocycles. The molecule has 3 heteroatoms. The normalized spacial score (nSPS) is 9.78. The summed E-state index contributed by atoms with van der Waals surface area (Å²) in [4.78, 5) is 10.5. The molecular weight excluding hydrogens is 177 g/mol. The molecule has 0 aliphatic rings. The molecule has 0 heterocycles. The van der Waals surface area contributed by atoms with Crippen LogP contribution in [0.2, 0.25) is 16.8 Å². The summed E-state index contributed by atoms with van der Waals surface area (Å²) in [5.74, 6) is 4.49. The third kappa shape index (κ3) is 5.89. The van der Waals surface area contributed by atoms with Gasteiger partial charge in [0.05, 0.1) is 0 Å². The molecule has 0 saturated carbocycles. The summed E-state index contributed by atoms with van der Waals surface area (Å²) in [6.07, 6.45) is 0.633. The van der Waals surface area contributed by atoms with E-state index in [0.29, 0.717) is 6.42 Å². The number of methoxy groups -OCH3 is 1. The van der Waals surface area contributed by atoms with E-state index >= 15 is 0 Å². The molecule has 9 heavy (non-hydrogen) atoms. The van der Waals surface area contributed by atoms with Gasteiger partial charge in [0.25, 0.3) is 0 Å². The topological polar surface area (TPSA) is 26.3 Å². The molecule has 0 aromatic heterocycles. The molecule has 0 atom stereocenters. The van der Waals surface area contributed by atoms with Gasteiger partial charge in [-0.25, -0.2) is 0 Å². The van der Waals surface area contributed by atoms with Crippen LogP contribution in [0.5, 0.6) is 0 Å². The zero-order chi connectivity index (χ0) is 7.28. The molecule has 0 aliphatic carbocycles. The molecule has 0 amide bonds. The molecule has 0 aliphatic heterocycles. The van der Waals surface area contributed by atoms with Crippen LogP contribution in [0.25, 0.3) is 0 Å². The Hall–Kier alpha value is 0.0129. The van der Waals surface area contributed by atoms with E-state index in [-0.39, 0.29) is 5.97 Å². The Bertz CT molecular complexity index is 91.1. The van der Waals surface area contributed by atoms with Gasteiger partial charge in [0.15, 0.2) is 0 Å². The number of hydrogen-bond donors (Lipinski definition) is 0. The molecule has 0 fully saturated rings. The van der Waals surface area contributed by atoms with Crippen molar-refractivity contribution in [3.8, 4) is 0 Å². The van der Waals surface area contributed by atoms with E-state index in [9.17, 15) is 4.79 Å². The van der Waals surface area contributed by atoms with Crippen LogP contribution in [-0.4, -0.2) is 27.4 Å². The molecule has 0 aromatic rings. The van der Waals surface area contributed by atoms with E-state index in [0.717, 1.165) is 5.25 Å². The molecule has 0 spiro atoms. The molecule has 54 valence electrons. The fraction of sp³-hybridized carbons (Fsp3) is 0.833. The van der Waals surface area contributed by atoms with Crippen LogP contribution in [-0.2, 0) is 9.53 Å². The average molecular weight is 191 g/mol. The van der Waals surface area contributed by atoms with Crippen LogP contribution in [0.4, 0.5) is 0 Å². The monoisotopic (exact) mass is 192 g/mol. The number of hydrogen-bond acceptors (Lipinski definition) is 2. The second-order valence-corrected chi connectivity index (χ2v) is 9.57. The number of ether oxygens (including phenoxy) is 1. The van der Waals surface area contributed by atoms with Gasteiger partial charge in [-0.15, -0.1) is 0 Å². The SMILES string of the molecule is COC(=O)C[CH2][GeH]([CH3])[CH3]. The predicted molar refractivity (Wildman–Crippen MR) is 40.3 cm³/mol. The van der Waals surface area contributed by atoms with E-state index in [1.54, 1.807) is 0 Å². The molecule has 0 bridgehead atoms. The van der Waals surface area contributed by atoms with Crippen LogP contribution in [0.15, 0.2) is 0 Å².